The first-order valence-corrected chi connectivity index (χ1v) is 6.22. The first-order chi connectivity index (χ1) is 10.0. The summed E-state index contributed by atoms with van der Waals surface area (Å²) in [6.45, 7) is 0.580. The summed E-state index contributed by atoms with van der Waals surface area (Å²) in [5, 5.41) is 9.35. The molecule has 0 saturated heterocycles. The third-order valence-corrected chi connectivity index (χ3v) is 3.28. The summed E-state index contributed by atoms with van der Waals surface area (Å²) in [7, 11) is 0. The lowest BCUT2D eigenvalue weighted by atomic mass is 10.2. The molecule has 7 nitrogen and oxygen atoms in total. The van der Waals surface area contributed by atoms with Gasteiger partial charge < -0.3 is 16.0 Å². The summed E-state index contributed by atoms with van der Waals surface area (Å²) in [5.41, 5.74) is 6.78. The second-order valence-corrected chi connectivity index (χ2v) is 4.68. The number of aromatic amines is 1. The highest BCUT2D eigenvalue weighted by atomic mass is 19.1. The van der Waals surface area contributed by atoms with E-state index in [1.165, 1.54) is 23.1 Å². The summed E-state index contributed by atoms with van der Waals surface area (Å²) in [6.07, 6.45) is 0. The third-order valence-electron chi connectivity index (χ3n) is 3.28. The van der Waals surface area contributed by atoms with Gasteiger partial charge >= 0.3 is 6.03 Å². The number of amides is 3. The van der Waals surface area contributed by atoms with Gasteiger partial charge in [-0.2, -0.15) is 5.10 Å². The number of urea groups is 1. The number of H-pyrrole nitrogens is 1. The van der Waals surface area contributed by atoms with Crippen LogP contribution in [-0.4, -0.2) is 27.0 Å². The fraction of sp³-hybridized carbons (Fsp3) is 0.154. The molecule has 0 saturated carbocycles. The number of primary amides is 1. The topological polar surface area (TPSA) is 104 Å². The number of nitrogens with zero attached hydrogens (tertiary/aromatic N) is 2. The van der Waals surface area contributed by atoms with Gasteiger partial charge in [0.2, 0.25) is 0 Å². The zero-order valence-electron chi connectivity index (χ0n) is 10.9. The molecule has 0 spiro atoms. The summed E-state index contributed by atoms with van der Waals surface area (Å²) >= 11 is 0. The fourth-order valence-corrected chi connectivity index (χ4v) is 2.21. The molecule has 1 aliphatic heterocycles. The summed E-state index contributed by atoms with van der Waals surface area (Å²) in [6, 6.07) is 4.81. The van der Waals surface area contributed by atoms with Gasteiger partial charge in [-0.05, 0) is 18.2 Å². The number of rotatable bonds is 2. The number of fused-ring (bicyclic) bond motifs is 1. The number of benzene rings is 1. The number of aromatic nitrogens is 2. The predicted octanol–water partition coefficient (Wildman–Crippen LogP) is 1.20. The average Bonchev–Trinajstić information content (AvgIpc) is 3.01. The predicted molar refractivity (Wildman–Crippen MR) is 71.8 cm³/mol. The van der Waals surface area contributed by atoms with Crippen molar-refractivity contribution in [1.29, 1.82) is 0 Å². The van der Waals surface area contributed by atoms with E-state index in [1.807, 2.05) is 0 Å². The molecule has 0 fully saturated rings. The number of hydrogen-bond acceptors (Lipinski definition) is 3. The highest BCUT2D eigenvalue weighted by molar-refractivity contribution is 6.04. The van der Waals surface area contributed by atoms with E-state index in [4.69, 9.17) is 5.73 Å². The van der Waals surface area contributed by atoms with Crippen molar-refractivity contribution < 1.29 is 14.0 Å². The Bertz CT molecular complexity index is 727. The largest absolute Gasteiger partial charge is 0.351 e. The van der Waals surface area contributed by atoms with Crippen LogP contribution in [0.4, 0.5) is 15.0 Å². The number of nitrogens with two attached hydrogens (primary N) is 1. The van der Waals surface area contributed by atoms with Crippen molar-refractivity contribution in [2.75, 3.05) is 5.32 Å². The molecule has 0 radical (unpaired) electrons. The van der Waals surface area contributed by atoms with Gasteiger partial charge in [0, 0.05) is 11.1 Å². The SMILES string of the molecule is NC(=O)N1Cc2n[nH]c(NC(=O)c3cccc(F)c3)c2C1. The standard InChI is InChI=1S/C13H12FN5O2/c14-8-3-1-2-7(4-8)12(20)16-11-9-5-19(13(15)21)6-10(9)17-18-11/h1-4H,5-6H2,(H2,15,21)(H2,16,17,18,20). The van der Waals surface area contributed by atoms with Crippen LogP contribution in [0.2, 0.25) is 0 Å². The van der Waals surface area contributed by atoms with Crippen molar-refractivity contribution >= 4 is 17.8 Å². The van der Waals surface area contributed by atoms with Crippen LogP contribution in [0.15, 0.2) is 24.3 Å². The minimum atomic E-state index is -0.546. The molecule has 21 heavy (non-hydrogen) atoms. The minimum Gasteiger partial charge on any atom is -0.351 e. The molecule has 0 aliphatic carbocycles. The van der Waals surface area contributed by atoms with E-state index >= 15 is 0 Å². The number of hydrogen-bond donors (Lipinski definition) is 3. The Balaban J connectivity index is 1.79. The molecule has 0 bridgehead atoms. The maximum atomic E-state index is 13.1. The molecule has 1 aliphatic rings. The van der Waals surface area contributed by atoms with Crippen molar-refractivity contribution in [1.82, 2.24) is 15.1 Å². The van der Waals surface area contributed by atoms with Crippen molar-refractivity contribution in [2.24, 2.45) is 5.73 Å². The molecular formula is C13H12FN5O2. The molecule has 108 valence electrons. The highest BCUT2D eigenvalue weighted by Gasteiger charge is 2.27. The van der Waals surface area contributed by atoms with Gasteiger partial charge in [-0.15, -0.1) is 0 Å². The fourth-order valence-electron chi connectivity index (χ4n) is 2.21. The Morgan fingerprint density at radius 3 is 2.90 bits per heavy atom. The Labute approximate surface area is 118 Å². The molecule has 3 amide bonds. The van der Waals surface area contributed by atoms with Crippen molar-refractivity contribution in [3.05, 3.63) is 46.9 Å². The molecule has 8 heteroatoms. The van der Waals surface area contributed by atoms with E-state index in [0.717, 1.165) is 6.07 Å². The monoisotopic (exact) mass is 289 g/mol. The lowest BCUT2D eigenvalue weighted by Gasteiger charge is -2.11. The van der Waals surface area contributed by atoms with Crippen molar-refractivity contribution in [2.45, 2.75) is 13.1 Å². The molecule has 2 aromatic rings. The zero-order valence-corrected chi connectivity index (χ0v) is 10.9. The van der Waals surface area contributed by atoms with Gasteiger partial charge in [-0.3, -0.25) is 9.89 Å². The van der Waals surface area contributed by atoms with E-state index in [9.17, 15) is 14.0 Å². The van der Waals surface area contributed by atoms with E-state index in [0.29, 0.717) is 23.6 Å². The van der Waals surface area contributed by atoms with Gasteiger partial charge in [0.15, 0.2) is 0 Å². The average molecular weight is 289 g/mol. The van der Waals surface area contributed by atoms with E-state index in [2.05, 4.69) is 15.5 Å². The molecule has 0 unspecified atom stereocenters. The third kappa shape index (κ3) is 2.42. The molecule has 2 heterocycles. The Morgan fingerprint density at radius 2 is 2.19 bits per heavy atom. The lowest BCUT2D eigenvalue weighted by molar-refractivity contribution is 0.102. The van der Waals surface area contributed by atoms with Crippen molar-refractivity contribution in [3.63, 3.8) is 0 Å². The maximum absolute atomic E-state index is 13.1. The molecular weight excluding hydrogens is 277 g/mol. The molecule has 1 aromatic heterocycles. The second kappa shape index (κ2) is 4.89. The van der Waals surface area contributed by atoms with Gasteiger partial charge in [0.1, 0.15) is 11.6 Å². The maximum Gasteiger partial charge on any atom is 0.315 e. The summed E-state index contributed by atoms with van der Waals surface area (Å²) in [4.78, 5) is 24.6. The second-order valence-electron chi connectivity index (χ2n) is 4.68. The molecule has 4 N–H and O–H groups in total. The summed E-state index contributed by atoms with van der Waals surface area (Å²) < 4.78 is 13.1. The Hall–Kier alpha value is -2.90. The van der Waals surface area contributed by atoms with Gasteiger partial charge in [0.25, 0.3) is 5.91 Å². The minimum absolute atomic E-state index is 0.197. The Kier molecular flexibility index (Phi) is 3.05. The van der Waals surface area contributed by atoms with Crippen LogP contribution in [0.5, 0.6) is 0 Å². The van der Waals surface area contributed by atoms with Crippen LogP contribution in [0.3, 0.4) is 0 Å². The van der Waals surface area contributed by atoms with Crippen LogP contribution >= 0.6 is 0 Å². The van der Waals surface area contributed by atoms with Crippen LogP contribution in [0.1, 0.15) is 21.6 Å². The number of halogens is 1. The van der Waals surface area contributed by atoms with E-state index < -0.39 is 17.8 Å². The highest BCUT2D eigenvalue weighted by Crippen LogP contribution is 2.27. The van der Waals surface area contributed by atoms with Crippen LogP contribution in [0.25, 0.3) is 0 Å². The number of anilines is 1. The van der Waals surface area contributed by atoms with E-state index in [-0.39, 0.29) is 12.1 Å². The summed E-state index contributed by atoms with van der Waals surface area (Å²) in [5.74, 6) is -0.557. The zero-order chi connectivity index (χ0) is 15.0. The number of nitrogens with one attached hydrogen (secondary N) is 2. The number of carbonyl (C=O) groups excluding carboxylic acids is 2. The molecule has 3 rings (SSSR count). The Morgan fingerprint density at radius 1 is 1.38 bits per heavy atom. The quantitative estimate of drug-likeness (QED) is 0.773. The van der Waals surface area contributed by atoms with Gasteiger partial charge in [-0.25, -0.2) is 9.18 Å². The van der Waals surface area contributed by atoms with Crippen LogP contribution < -0.4 is 11.1 Å². The normalized spacial score (nSPS) is 13.1. The smallest absolute Gasteiger partial charge is 0.315 e. The van der Waals surface area contributed by atoms with Crippen LogP contribution in [-0.2, 0) is 13.1 Å². The van der Waals surface area contributed by atoms with Gasteiger partial charge in [-0.1, -0.05) is 6.07 Å². The first-order valence-electron chi connectivity index (χ1n) is 6.22. The van der Waals surface area contributed by atoms with E-state index in [1.54, 1.807) is 0 Å². The lowest BCUT2D eigenvalue weighted by Crippen LogP contribution is -2.31. The molecule has 1 aromatic carbocycles. The number of carbonyl (C=O) groups is 2. The van der Waals surface area contributed by atoms with Gasteiger partial charge in [0.05, 0.1) is 18.8 Å². The van der Waals surface area contributed by atoms with Crippen molar-refractivity contribution in [3.8, 4) is 0 Å². The van der Waals surface area contributed by atoms with Crippen LogP contribution in [0, 0.1) is 5.82 Å². The first kappa shape index (κ1) is 13.1. The molecule has 0 atom stereocenters.